The first kappa shape index (κ1) is 14.5. The monoisotopic (exact) mass is 350 g/mol. The molecule has 1 heterocycles. The lowest BCUT2D eigenvalue weighted by atomic mass is 9.86. The maximum absolute atomic E-state index is 13.6. The van der Waals surface area contributed by atoms with Crippen LogP contribution in [0.1, 0.15) is 36.0 Å². The lowest BCUT2D eigenvalue weighted by molar-refractivity contribution is 0.144. The molecule has 0 spiro atoms. The number of aliphatic hydroxyl groups is 1. The van der Waals surface area contributed by atoms with Gasteiger partial charge < -0.3 is 9.84 Å². The van der Waals surface area contributed by atoms with Crippen molar-refractivity contribution in [3.8, 4) is 5.75 Å². The Morgan fingerprint density at radius 1 is 1.24 bits per heavy atom. The van der Waals surface area contributed by atoms with E-state index in [0.717, 1.165) is 17.7 Å². The van der Waals surface area contributed by atoms with Crippen LogP contribution < -0.4 is 4.74 Å². The molecule has 0 amide bonds. The second-order valence-corrected chi connectivity index (χ2v) is 6.06. The Bertz CT molecular complexity index is 644. The third-order valence-electron chi connectivity index (χ3n) is 3.93. The zero-order valence-corrected chi connectivity index (χ0v) is 13.0. The van der Waals surface area contributed by atoms with Crippen molar-refractivity contribution in [1.29, 1.82) is 0 Å². The molecule has 4 heteroatoms. The number of benzene rings is 2. The van der Waals surface area contributed by atoms with Crippen LogP contribution in [-0.2, 0) is 0 Å². The molecule has 1 aliphatic heterocycles. The fourth-order valence-electron chi connectivity index (χ4n) is 2.84. The summed E-state index contributed by atoms with van der Waals surface area (Å²) < 4.78 is 19.6. The predicted molar refractivity (Wildman–Crippen MR) is 83.0 cm³/mol. The van der Waals surface area contributed by atoms with E-state index in [4.69, 9.17) is 4.74 Å². The summed E-state index contributed by atoms with van der Waals surface area (Å²) >= 11 is 3.22. The number of halogens is 2. The quantitative estimate of drug-likeness (QED) is 0.877. The van der Waals surface area contributed by atoms with Gasteiger partial charge in [0.05, 0.1) is 17.2 Å². The van der Waals surface area contributed by atoms with Crippen LogP contribution in [0.15, 0.2) is 46.9 Å². The Morgan fingerprint density at radius 3 is 2.90 bits per heavy atom. The number of rotatable bonds is 3. The zero-order valence-electron chi connectivity index (χ0n) is 11.4. The van der Waals surface area contributed by atoms with Crippen LogP contribution in [0.3, 0.4) is 0 Å². The van der Waals surface area contributed by atoms with E-state index in [1.54, 1.807) is 12.1 Å². The first-order chi connectivity index (χ1) is 10.2. The van der Waals surface area contributed by atoms with Gasteiger partial charge in [0.2, 0.25) is 0 Å². The van der Waals surface area contributed by atoms with Crippen LogP contribution in [0, 0.1) is 5.82 Å². The number of ether oxygens (including phenoxy) is 1. The van der Waals surface area contributed by atoms with Crippen LogP contribution in [0.5, 0.6) is 5.75 Å². The molecule has 21 heavy (non-hydrogen) atoms. The molecule has 1 N–H and O–H groups in total. The van der Waals surface area contributed by atoms with E-state index in [1.807, 2.05) is 24.3 Å². The summed E-state index contributed by atoms with van der Waals surface area (Å²) in [5.41, 5.74) is 1.72. The minimum Gasteiger partial charge on any atom is -0.493 e. The van der Waals surface area contributed by atoms with E-state index in [-0.39, 0.29) is 11.7 Å². The second kappa shape index (κ2) is 6.16. The van der Waals surface area contributed by atoms with Gasteiger partial charge >= 0.3 is 0 Å². The van der Waals surface area contributed by atoms with Gasteiger partial charge in [-0.05, 0) is 57.9 Å². The highest BCUT2D eigenvalue weighted by Gasteiger charge is 2.25. The number of hydrogen-bond donors (Lipinski definition) is 1. The standard InChI is InChI=1S/C17H16BrFO2/c18-17-13(5-3-6-14(17)19)15(20)10-11-8-9-21-16-7-2-1-4-12(11)16/h1-7,11,15,20H,8-10H2. The van der Waals surface area contributed by atoms with Gasteiger partial charge in [0, 0.05) is 0 Å². The van der Waals surface area contributed by atoms with E-state index >= 15 is 0 Å². The second-order valence-electron chi connectivity index (χ2n) is 5.27. The van der Waals surface area contributed by atoms with Crippen molar-refractivity contribution in [3.05, 3.63) is 63.9 Å². The molecule has 2 aromatic rings. The molecule has 0 saturated carbocycles. The molecule has 3 rings (SSSR count). The van der Waals surface area contributed by atoms with Crippen LogP contribution in [0.2, 0.25) is 0 Å². The van der Waals surface area contributed by atoms with Gasteiger partial charge in [-0.1, -0.05) is 30.3 Å². The summed E-state index contributed by atoms with van der Waals surface area (Å²) in [6.45, 7) is 0.652. The van der Waals surface area contributed by atoms with Gasteiger partial charge in [0.1, 0.15) is 11.6 Å². The molecule has 2 atom stereocenters. The fraction of sp³-hybridized carbons (Fsp3) is 0.294. The normalized spacial score (nSPS) is 18.7. The first-order valence-electron chi connectivity index (χ1n) is 7.00. The minimum atomic E-state index is -0.703. The predicted octanol–water partition coefficient (Wildman–Crippen LogP) is 4.58. The average molecular weight is 351 g/mol. The van der Waals surface area contributed by atoms with Gasteiger partial charge in [-0.3, -0.25) is 0 Å². The molecule has 0 fully saturated rings. The average Bonchev–Trinajstić information content (AvgIpc) is 2.50. The molecule has 1 aliphatic rings. The summed E-state index contributed by atoms with van der Waals surface area (Å²) in [7, 11) is 0. The third-order valence-corrected chi connectivity index (χ3v) is 4.77. The van der Waals surface area contributed by atoms with E-state index in [0.29, 0.717) is 23.1 Å². The lowest BCUT2D eigenvalue weighted by Crippen LogP contribution is -2.16. The Morgan fingerprint density at radius 2 is 2.05 bits per heavy atom. The highest BCUT2D eigenvalue weighted by atomic mass is 79.9. The molecule has 110 valence electrons. The largest absolute Gasteiger partial charge is 0.493 e. The molecule has 0 aliphatic carbocycles. The minimum absolute atomic E-state index is 0.222. The SMILES string of the molecule is OC(CC1CCOc2ccccc21)c1cccc(F)c1Br. The van der Waals surface area contributed by atoms with Crippen LogP contribution in [0.25, 0.3) is 0 Å². The fourth-order valence-corrected chi connectivity index (χ4v) is 3.36. The Kier molecular flexibility index (Phi) is 4.27. The van der Waals surface area contributed by atoms with Gasteiger partial charge in [-0.15, -0.1) is 0 Å². The van der Waals surface area contributed by atoms with Crippen molar-refractivity contribution in [2.75, 3.05) is 6.61 Å². The highest BCUT2D eigenvalue weighted by molar-refractivity contribution is 9.10. The van der Waals surface area contributed by atoms with Crippen molar-refractivity contribution >= 4 is 15.9 Å². The van der Waals surface area contributed by atoms with Crippen LogP contribution in [-0.4, -0.2) is 11.7 Å². The van der Waals surface area contributed by atoms with Gasteiger partial charge in [0.15, 0.2) is 0 Å². The lowest BCUT2D eigenvalue weighted by Gasteiger charge is -2.27. The Labute approximate surface area is 131 Å². The summed E-state index contributed by atoms with van der Waals surface area (Å²) in [4.78, 5) is 0. The van der Waals surface area contributed by atoms with Crippen molar-refractivity contribution in [3.63, 3.8) is 0 Å². The number of para-hydroxylation sites is 1. The third kappa shape index (κ3) is 2.97. The number of fused-ring (bicyclic) bond motifs is 1. The van der Waals surface area contributed by atoms with E-state index in [2.05, 4.69) is 15.9 Å². The molecule has 2 aromatic carbocycles. The molecule has 2 unspecified atom stereocenters. The van der Waals surface area contributed by atoms with Crippen LogP contribution >= 0.6 is 15.9 Å². The zero-order chi connectivity index (χ0) is 14.8. The Hall–Kier alpha value is -1.39. The highest BCUT2D eigenvalue weighted by Crippen LogP contribution is 2.40. The summed E-state index contributed by atoms with van der Waals surface area (Å²) in [5, 5.41) is 10.5. The molecule has 2 nitrogen and oxygen atoms in total. The number of aliphatic hydroxyl groups excluding tert-OH is 1. The topological polar surface area (TPSA) is 29.5 Å². The van der Waals surface area contributed by atoms with Crippen molar-refractivity contribution < 1.29 is 14.2 Å². The van der Waals surface area contributed by atoms with Crippen LogP contribution in [0.4, 0.5) is 4.39 Å². The first-order valence-corrected chi connectivity index (χ1v) is 7.80. The molecular weight excluding hydrogens is 335 g/mol. The van der Waals surface area contributed by atoms with E-state index < -0.39 is 6.10 Å². The maximum atomic E-state index is 13.6. The summed E-state index contributed by atoms with van der Waals surface area (Å²) in [6, 6.07) is 12.7. The summed E-state index contributed by atoms with van der Waals surface area (Å²) in [5.74, 6) is 0.762. The molecule has 0 radical (unpaired) electrons. The molecule has 0 bridgehead atoms. The van der Waals surface area contributed by atoms with Crippen molar-refractivity contribution in [2.24, 2.45) is 0 Å². The van der Waals surface area contributed by atoms with Crippen molar-refractivity contribution in [2.45, 2.75) is 24.9 Å². The van der Waals surface area contributed by atoms with Gasteiger partial charge in [-0.2, -0.15) is 0 Å². The van der Waals surface area contributed by atoms with Crippen molar-refractivity contribution in [1.82, 2.24) is 0 Å². The molecule has 0 saturated heterocycles. The van der Waals surface area contributed by atoms with E-state index in [1.165, 1.54) is 6.07 Å². The number of hydrogen-bond acceptors (Lipinski definition) is 2. The molecule has 0 aromatic heterocycles. The maximum Gasteiger partial charge on any atom is 0.137 e. The Balaban J connectivity index is 1.83. The van der Waals surface area contributed by atoms with Gasteiger partial charge in [0.25, 0.3) is 0 Å². The molecular formula is C17H16BrFO2. The smallest absolute Gasteiger partial charge is 0.137 e. The van der Waals surface area contributed by atoms with Gasteiger partial charge in [-0.25, -0.2) is 4.39 Å². The summed E-state index contributed by atoms with van der Waals surface area (Å²) in [6.07, 6.45) is 0.718. The van der Waals surface area contributed by atoms with E-state index in [9.17, 15) is 9.50 Å².